The number of hydrogen-bond donors (Lipinski definition) is 1. The van der Waals surface area contributed by atoms with Crippen molar-refractivity contribution in [3.8, 4) is 0 Å². The van der Waals surface area contributed by atoms with E-state index in [4.69, 9.17) is 23.2 Å². The van der Waals surface area contributed by atoms with Gasteiger partial charge in [-0.05, 0) is 36.8 Å². The standard InChI is InChI=1S/C15H12BrCl2N3O/c1-8(12-3-2-11(17)6-13(12)18)21-14-5-10(16)4-9(7-22)15(14)19-20-21/h2-6,8,22H,7H2,1H3. The number of rotatable bonds is 3. The van der Waals surface area contributed by atoms with Crippen LogP contribution >= 0.6 is 39.1 Å². The lowest BCUT2D eigenvalue weighted by Gasteiger charge is -2.15. The molecule has 0 amide bonds. The Balaban J connectivity index is 2.15. The summed E-state index contributed by atoms with van der Waals surface area (Å²) in [5.41, 5.74) is 3.15. The maximum Gasteiger partial charge on any atom is 0.118 e. The Morgan fingerprint density at radius 1 is 1.27 bits per heavy atom. The zero-order valence-corrected chi connectivity index (χ0v) is 14.7. The summed E-state index contributed by atoms with van der Waals surface area (Å²) in [5.74, 6) is 0. The number of hydrogen-bond acceptors (Lipinski definition) is 3. The fraction of sp³-hybridized carbons (Fsp3) is 0.200. The molecular formula is C15H12BrCl2N3O. The predicted octanol–water partition coefficient (Wildman–Crippen LogP) is 4.60. The highest BCUT2D eigenvalue weighted by molar-refractivity contribution is 9.10. The van der Waals surface area contributed by atoms with Crippen LogP contribution in [0.5, 0.6) is 0 Å². The molecule has 1 heterocycles. The fourth-order valence-corrected chi connectivity index (χ4v) is 3.51. The zero-order chi connectivity index (χ0) is 15.9. The van der Waals surface area contributed by atoms with Crippen molar-refractivity contribution in [3.63, 3.8) is 0 Å². The van der Waals surface area contributed by atoms with E-state index < -0.39 is 0 Å². The molecule has 0 saturated carbocycles. The summed E-state index contributed by atoms with van der Waals surface area (Å²) in [5, 5.41) is 19.1. The van der Waals surface area contributed by atoms with Crippen molar-refractivity contribution in [2.75, 3.05) is 0 Å². The van der Waals surface area contributed by atoms with Gasteiger partial charge in [0.2, 0.25) is 0 Å². The summed E-state index contributed by atoms with van der Waals surface area (Å²) < 4.78 is 2.65. The van der Waals surface area contributed by atoms with Gasteiger partial charge in [-0.3, -0.25) is 0 Å². The van der Waals surface area contributed by atoms with Gasteiger partial charge >= 0.3 is 0 Å². The molecular weight excluding hydrogens is 389 g/mol. The van der Waals surface area contributed by atoms with Gasteiger partial charge in [-0.25, -0.2) is 4.68 Å². The summed E-state index contributed by atoms with van der Waals surface area (Å²) in [7, 11) is 0. The van der Waals surface area contributed by atoms with Crippen molar-refractivity contribution in [1.82, 2.24) is 15.0 Å². The van der Waals surface area contributed by atoms with Crippen LogP contribution in [0.4, 0.5) is 0 Å². The van der Waals surface area contributed by atoms with Crippen LogP contribution in [-0.4, -0.2) is 20.1 Å². The molecule has 0 bridgehead atoms. The SMILES string of the molecule is CC(c1ccc(Cl)cc1Cl)n1nnc2c(CO)cc(Br)cc21. The van der Waals surface area contributed by atoms with Gasteiger partial charge in [-0.2, -0.15) is 0 Å². The van der Waals surface area contributed by atoms with Gasteiger partial charge in [-0.15, -0.1) is 5.10 Å². The molecule has 2 aromatic carbocycles. The first-order chi connectivity index (χ1) is 10.5. The highest BCUT2D eigenvalue weighted by Crippen LogP contribution is 2.31. The number of aromatic nitrogens is 3. The van der Waals surface area contributed by atoms with Crippen LogP contribution in [0.25, 0.3) is 11.0 Å². The fourth-order valence-electron chi connectivity index (χ4n) is 2.45. The van der Waals surface area contributed by atoms with E-state index in [9.17, 15) is 5.11 Å². The van der Waals surface area contributed by atoms with Crippen LogP contribution in [0.2, 0.25) is 10.0 Å². The van der Waals surface area contributed by atoms with Gasteiger partial charge in [0.1, 0.15) is 5.52 Å². The highest BCUT2D eigenvalue weighted by atomic mass is 79.9. The van der Waals surface area contributed by atoms with Crippen molar-refractivity contribution in [3.05, 3.63) is 56.0 Å². The van der Waals surface area contributed by atoms with E-state index in [-0.39, 0.29) is 12.6 Å². The van der Waals surface area contributed by atoms with Gasteiger partial charge < -0.3 is 5.11 Å². The molecule has 1 atom stereocenters. The Morgan fingerprint density at radius 2 is 2.05 bits per heavy atom. The maximum atomic E-state index is 9.47. The molecule has 0 spiro atoms. The number of halogens is 3. The lowest BCUT2D eigenvalue weighted by Crippen LogP contribution is -2.09. The van der Waals surface area contributed by atoms with E-state index in [1.807, 2.05) is 25.1 Å². The van der Waals surface area contributed by atoms with Crippen LogP contribution in [0, 0.1) is 0 Å². The second-order valence-electron chi connectivity index (χ2n) is 4.97. The number of aliphatic hydroxyl groups is 1. The number of benzene rings is 2. The van der Waals surface area contributed by atoms with Gasteiger partial charge in [-0.1, -0.05) is 50.4 Å². The molecule has 1 aromatic heterocycles. The molecule has 22 heavy (non-hydrogen) atoms. The van der Waals surface area contributed by atoms with E-state index in [0.717, 1.165) is 21.1 Å². The third-order valence-electron chi connectivity index (χ3n) is 3.57. The average molecular weight is 401 g/mol. The minimum atomic E-state index is -0.115. The second-order valence-corrected chi connectivity index (χ2v) is 6.73. The van der Waals surface area contributed by atoms with Crippen LogP contribution in [-0.2, 0) is 6.61 Å². The Hall–Kier alpha value is -1.14. The van der Waals surface area contributed by atoms with Crippen LogP contribution in [0.15, 0.2) is 34.8 Å². The van der Waals surface area contributed by atoms with E-state index in [1.165, 1.54) is 0 Å². The maximum absolute atomic E-state index is 9.47. The average Bonchev–Trinajstić information content (AvgIpc) is 2.89. The monoisotopic (exact) mass is 399 g/mol. The molecule has 1 N–H and O–H groups in total. The molecule has 4 nitrogen and oxygen atoms in total. The summed E-state index contributed by atoms with van der Waals surface area (Å²) in [6.07, 6.45) is 0. The smallest absolute Gasteiger partial charge is 0.118 e. The second kappa shape index (κ2) is 6.16. The quantitative estimate of drug-likeness (QED) is 0.698. The van der Waals surface area contributed by atoms with E-state index >= 15 is 0 Å². The third kappa shape index (κ3) is 2.74. The minimum absolute atomic E-state index is 0.0925. The van der Waals surface area contributed by atoms with Crippen molar-refractivity contribution in [2.24, 2.45) is 0 Å². The lowest BCUT2D eigenvalue weighted by atomic mass is 10.1. The van der Waals surface area contributed by atoms with Gasteiger partial charge in [0, 0.05) is 20.1 Å². The molecule has 114 valence electrons. The van der Waals surface area contributed by atoms with Crippen LogP contribution in [0.3, 0.4) is 0 Å². The highest BCUT2D eigenvalue weighted by Gasteiger charge is 2.18. The number of fused-ring (bicyclic) bond motifs is 1. The molecule has 1 unspecified atom stereocenters. The molecule has 0 aliphatic carbocycles. The molecule has 3 aromatic rings. The van der Waals surface area contributed by atoms with Gasteiger partial charge in [0.05, 0.1) is 18.2 Å². The Kier molecular flexibility index (Phi) is 4.41. The third-order valence-corrected chi connectivity index (χ3v) is 4.59. The van der Waals surface area contributed by atoms with Crippen LogP contribution < -0.4 is 0 Å². The number of nitrogens with zero attached hydrogens (tertiary/aromatic N) is 3. The summed E-state index contributed by atoms with van der Waals surface area (Å²) in [4.78, 5) is 0. The van der Waals surface area contributed by atoms with Gasteiger partial charge in [0.25, 0.3) is 0 Å². The topological polar surface area (TPSA) is 50.9 Å². The Morgan fingerprint density at radius 3 is 2.73 bits per heavy atom. The van der Waals surface area contributed by atoms with Crippen molar-refractivity contribution >= 4 is 50.2 Å². The zero-order valence-electron chi connectivity index (χ0n) is 11.6. The van der Waals surface area contributed by atoms with E-state index in [0.29, 0.717) is 15.6 Å². The molecule has 3 rings (SSSR count). The minimum Gasteiger partial charge on any atom is -0.392 e. The number of aliphatic hydroxyl groups excluding tert-OH is 1. The first-order valence-electron chi connectivity index (χ1n) is 6.60. The summed E-state index contributed by atoms with van der Waals surface area (Å²) in [6.45, 7) is 1.90. The lowest BCUT2D eigenvalue weighted by molar-refractivity contribution is 0.283. The van der Waals surface area contributed by atoms with Crippen molar-refractivity contribution < 1.29 is 5.11 Å². The summed E-state index contributed by atoms with van der Waals surface area (Å²) >= 11 is 15.7. The molecule has 0 aliphatic rings. The van der Waals surface area contributed by atoms with E-state index in [1.54, 1.807) is 16.8 Å². The molecule has 0 fully saturated rings. The first-order valence-corrected chi connectivity index (χ1v) is 8.15. The van der Waals surface area contributed by atoms with Gasteiger partial charge in [0.15, 0.2) is 0 Å². The molecule has 0 radical (unpaired) electrons. The first kappa shape index (κ1) is 15.7. The Labute approximate surface area is 145 Å². The van der Waals surface area contributed by atoms with E-state index in [2.05, 4.69) is 26.2 Å². The molecule has 7 heteroatoms. The molecule has 0 saturated heterocycles. The van der Waals surface area contributed by atoms with Crippen molar-refractivity contribution in [1.29, 1.82) is 0 Å². The molecule has 0 aliphatic heterocycles. The van der Waals surface area contributed by atoms with Crippen LogP contribution in [0.1, 0.15) is 24.1 Å². The normalized spacial score (nSPS) is 12.8. The largest absolute Gasteiger partial charge is 0.392 e. The van der Waals surface area contributed by atoms with Crippen molar-refractivity contribution in [2.45, 2.75) is 19.6 Å². The predicted molar refractivity (Wildman–Crippen MR) is 91.4 cm³/mol. The summed E-state index contributed by atoms with van der Waals surface area (Å²) in [6, 6.07) is 9.04. The Bertz CT molecular complexity index is 850.